The Kier molecular flexibility index (Phi) is 4.79. The zero-order valence-corrected chi connectivity index (χ0v) is 11.5. The second kappa shape index (κ2) is 6.56. The summed E-state index contributed by atoms with van der Waals surface area (Å²) in [7, 11) is 0. The Morgan fingerprint density at radius 2 is 2.37 bits per heavy atom. The fourth-order valence-electron chi connectivity index (χ4n) is 1.71. The molecule has 0 bridgehead atoms. The molecule has 1 heterocycles. The molecular formula is C13H17ClN4O. The van der Waals surface area contributed by atoms with Gasteiger partial charge in [0.25, 0.3) is 0 Å². The maximum absolute atomic E-state index is 5.90. The molecule has 1 aromatic carbocycles. The van der Waals surface area contributed by atoms with E-state index in [4.69, 9.17) is 22.2 Å². The molecule has 1 atom stereocenters. The number of ether oxygens (including phenoxy) is 1. The van der Waals surface area contributed by atoms with Crippen molar-refractivity contribution in [3.8, 4) is 5.75 Å². The van der Waals surface area contributed by atoms with Gasteiger partial charge in [0.05, 0.1) is 12.2 Å². The number of nitrogens with zero attached hydrogens (tertiary/aromatic N) is 2. The zero-order chi connectivity index (χ0) is 13.7. The Balaban J connectivity index is 1.99. The van der Waals surface area contributed by atoms with Gasteiger partial charge in [0.2, 0.25) is 0 Å². The minimum atomic E-state index is -0.112. The number of rotatable bonds is 6. The van der Waals surface area contributed by atoms with Crippen molar-refractivity contribution in [3.63, 3.8) is 0 Å². The molecule has 0 aliphatic rings. The molecule has 0 saturated heterocycles. The number of hydrogen-bond donors (Lipinski definition) is 2. The van der Waals surface area contributed by atoms with E-state index in [9.17, 15) is 0 Å². The molecule has 0 aliphatic heterocycles. The third kappa shape index (κ3) is 3.70. The third-order valence-corrected chi connectivity index (χ3v) is 3.03. The van der Waals surface area contributed by atoms with E-state index in [1.165, 1.54) is 0 Å². The molecule has 0 aliphatic carbocycles. The van der Waals surface area contributed by atoms with E-state index < -0.39 is 0 Å². The van der Waals surface area contributed by atoms with Crippen LogP contribution in [0.25, 0.3) is 0 Å². The standard InChI is InChI=1S/C13H17ClN4O/c1-2-18-8-10(7-16-18)13(17-15)9-19-12-5-3-4-11(14)6-12/h3-8,13,17H,2,9,15H2,1H3. The number of hydrazine groups is 1. The van der Waals surface area contributed by atoms with Gasteiger partial charge in [-0.2, -0.15) is 5.10 Å². The largest absolute Gasteiger partial charge is 0.491 e. The summed E-state index contributed by atoms with van der Waals surface area (Å²) in [5.74, 6) is 6.27. The van der Waals surface area contributed by atoms with Crippen LogP contribution in [0.2, 0.25) is 5.02 Å². The summed E-state index contributed by atoms with van der Waals surface area (Å²) < 4.78 is 7.52. The number of nitrogens with two attached hydrogens (primary N) is 1. The highest BCUT2D eigenvalue weighted by atomic mass is 35.5. The molecule has 1 aromatic heterocycles. The molecule has 3 N–H and O–H groups in total. The third-order valence-electron chi connectivity index (χ3n) is 2.79. The summed E-state index contributed by atoms with van der Waals surface area (Å²) in [4.78, 5) is 0. The normalized spacial score (nSPS) is 12.4. The predicted octanol–water partition coefficient (Wildman–Crippen LogP) is 2.14. The van der Waals surface area contributed by atoms with Gasteiger partial charge in [-0.1, -0.05) is 17.7 Å². The molecule has 102 valence electrons. The molecule has 5 nitrogen and oxygen atoms in total. The number of nitrogens with one attached hydrogen (secondary N) is 1. The fraction of sp³-hybridized carbons (Fsp3) is 0.308. The molecule has 6 heteroatoms. The molecule has 0 amide bonds. The van der Waals surface area contributed by atoms with Gasteiger partial charge in [0.1, 0.15) is 12.4 Å². The highest BCUT2D eigenvalue weighted by Gasteiger charge is 2.12. The lowest BCUT2D eigenvalue weighted by Gasteiger charge is -2.15. The topological polar surface area (TPSA) is 65.1 Å². The molecule has 0 spiro atoms. The van der Waals surface area contributed by atoms with Crippen LogP contribution in [0.3, 0.4) is 0 Å². The van der Waals surface area contributed by atoms with E-state index in [-0.39, 0.29) is 6.04 Å². The Labute approximate surface area is 117 Å². The summed E-state index contributed by atoms with van der Waals surface area (Å²) in [5.41, 5.74) is 3.72. The number of benzene rings is 1. The lowest BCUT2D eigenvalue weighted by atomic mass is 10.2. The quantitative estimate of drug-likeness (QED) is 0.628. The van der Waals surface area contributed by atoms with Crippen LogP contribution in [0.1, 0.15) is 18.5 Å². The van der Waals surface area contributed by atoms with Crippen LogP contribution in [0.5, 0.6) is 5.75 Å². The Morgan fingerprint density at radius 3 is 3.00 bits per heavy atom. The van der Waals surface area contributed by atoms with Crippen LogP contribution in [-0.4, -0.2) is 16.4 Å². The molecule has 0 saturated carbocycles. The van der Waals surface area contributed by atoms with Crippen LogP contribution < -0.4 is 16.0 Å². The van der Waals surface area contributed by atoms with Gasteiger partial charge in [-0.25, -0.2) is 5.43 Å². The molecular weight excluding hydrogens is 264 g/mol. The predicted molar refractivity (Wildman–Crippen MR) is 74.9 cm³/mol. The van der Waals surface area contributed by atoms with Gasteiger partial charge in [-0.15, -0.1) is 0 Å². The summed E-state index contributed by atoms with van der Waals surface area (Å²) in [6.07, 6.45) is 3.74. The van der Waals surface area contributed by atoms with Crippen molar-refractivity contribution in [1.82, 2.24) is 15.2 Å². The van der Waals surface area contributed by atoms with Gasteiger partial charge in [-0.05, 0) is 25.1 Å². The maximum atomic E-state index is 5.90. The second-order valence-electron chi connectivity index (χ2n) is 4.12. The van der Waals surface area contributed by atoms with Crippen molar-refractivity contribution in [1.29, 1.82) is 0 Å². The smallest absolute Gasteiger partial charge is 0.120 e. The Hall–Kier alpha value is -1.56. The first-order chi connectivity index (χ1) is 9.22. The van der Waals surface area contributed by atoms with Crippen LogP contribution in [0, 0.1) is 0 Å². The number of hydrogen-bond acceptors (Lipinski definition) is 4. The first kappa shape index (κ1) is 13.9. The van der Waals surface area contributed by atoms with Crippen molar-refractivity contribution in [3.05, 3.63) is 47.2 Å². The molecule has 1 unspecified atom stereocenters. The van der Waals surface area contributed by atoms with Crippen LogP contribution >= 0.6 is 11.6 Å². The monoisotopic (exact) mass is 280 g/mol. The molecule has 2 rings (SSSR count). The Morgan fingerprint density at radius 1 is 1.53 bits per heavy atom. The first-order valence-corrected chi connectivity index (χ1v) is 6.47. The Bertz CT molecular complexity index is 529. The van der Waals surface area contributed by atoms with Crippen molar-refractivity contribution in [2.24, 2.45) is 5.84 Å². The lowest BCUT2D eigenvalue weighted by molar-refractivity contribution is 0.267. The highest BCUT2D eigenvalue weighted by molar-refractivity contribution is 6.30. The van der Waals surface area contributed by atoms with Crippen molar-refractivity contribution in [2.75, 3.05) is 6.61 Å². The average Bonchev–Trinajstić information content (AvgIpc) is 2.88. The zero-order valence-electron chi connectivity index (χ0n) is 10.7. The van der Waals surface area contributed by atoms with E-state index in [2.05, 4.69) is 10.5 Å². The summed E-state index contributed by atoms with van der Waals surface area (Å²) in [5, 5.41) is 4.86. The van der Waals surface area contributed by atoms with Crippen molar-refractivity contribution in [2.45, 2.75) is 19.5 Å². The fourth-order valence-corrected chi connectivity index (χ4v) is 1.89. The van der Waals surface area contributed by atoms with Gasteiger partial charge >= 0.3 is 0 Å². The van der Waals surface area contributed by atoms with E-state index in [1.54, 1.807) is 18.3 Å². The maximum Gasteiger partial charge on any atom is 0.120 e. The van der Waals surface area contributed by atoms with Gasteiger partial charge in [-0.3, -0.25) is 10.5 Å². The summed E-state index contributed by atoms with van der Waals surface area (Å²) in [6, 6.07) is 7.16. The molecule has 19 heavy (non-hydrogen) atoms. The number of halogens is 1. The SMILES string of the molecule is CCn1cc(C(COc2cccc(Cl)c2)NN)cn1. The molecule has 2 aromatic rings. The van der Waals surface area contributed by atoms with Gasteiger partial charge in [0, 0.05) is 23.3 Å². The van der Waals surface area contributed by atoms with E-state index in [0.717, 1.165) is 17.9 Å². The minimum Gasteiger partial charge on any atom is -0.491 e. The van der Waals surface area contributed by atoms with Crippen molar-refractivity contribution < 1.29 is 4.74 Å². The van der Waals surface area contributed by atoms with E-state index >= 15 is 0 Å². The summed E-state index contributed by atoms with van der Waals surface area (Å²) in [6.45, 7) is 3.27. The summed E-state index contributed by atoms with van der Waals surface area (Å²) >= 11 is 5.90. The van der Waals surface area contributed by atoms with E-state index in [1.807, 2.05) is 29.9 Å². The minimum absolute atomic E-state index is 0.112. The molecule has 0 radical (unpaired) electrons. The van der Waals surface area contributed by atoms with Gasteiger partial charge in [0.15, 0.2) is 0 Å². The first-order valence-electron chi connectivity index (χ1n) is 6.09. The van der Waals surface area contributed by atoms with Crippen molar-refractivity contribution >= 4 is 11.6 Å². The van der Waals surface area contributed by atoms with Crippen LogP contribution in [-0.2, 0) is 6.54 Å². The van der Waals surface area contributed by atoms with Crippen LogP contribution in [0.4, 0.5) is 0 Å². The van der Waals surface area contributed by atoms with E-state index in [0.29, 0.717) is 11.6 Å². The lowest BCUT2D eigenvalue weighted by Crippen LogP contribution is -2.32. The second-order valence-corrected chi connectivity index (χ2v) is 4.55. The van der Waals surface area contributed by atoms with Gasteiger partial charge < -0.3 is 4.74 Å². The van der Waals surface area contributed by atoms with Crippen LogP contribution in [0.15, 0.2) is 36.7 Å². The average molecular weight is 281 g/mol. The number of aromatic nitrogens is 2. The highest BCUT2D eigenvalue weighted by Crippen LogP contribution is 2.19. The number of aryl methyl sites for hydroxylation is 1. The molecule has 0 fully saturated rings.